The van der Waals surface area contributed by atoms with Crippen LogP contribution in [0.5, 0.6) is 0 Å². The Hall–Kier alpha value is -1.04. The van der Waals surface area contributed by atoms with Gasteiger partial charge < -0.3 is 10.6 Å². The fourth-order valence-corrected chi connectivity index (χ4v) is 3.22. The van der Waals surface area contributed by atoms with Gasteiger partial charge in [-0.1, -0.05) is 30.3 Å². The third-order valence-corrected chi connectivity index (χ3v) is 4.75. The van der Waals surface area contributed by atoms with E-state index >= 15 is 0 Å². The van der Waals surface area contributed by atoms with Crippen molar-refractivity contribution in [1.82, 2.24) is 4.98 Å². The fourth-order valence-electron chi connectivity index (χ4n) is 1.93. The summed E-state index contributed by atoms with van der Waals surface area (Å²) in [4.78, 5) is 6.89. The molecule has 0 fully saturated rings. The molecule has 0 aliphatic rings. The van der Waals surface area contributed by atoms with Crippen LogP contribution < -0.4 is 10.6 Å². The van der Waals surface area contributed by atoms with Crippen molar-refractivity contribution in [3.05, 3.63) is 47.0 Å². The molecule has 20 heavy (non-hydrogen) atoms. The highest BCUT2D eigenvalue weighted by atomic mass is 32.2. The summed E-state index contributed by atoms with van der Waals surface area (Å²) in [6.45, 7) is 1.03. The molecule has 1 aromatic carbocycles. The van der Waals surface area contributed by atoms with E-state index in [0.717, 1.165) is 35.1 Å². The summed E-state index contributed by atoms with van der Waals surface area (Å²) in [5.74, 6) is 1.12. The van der Waals surface area contributed by atoms with Crippen LogP contribution in [-0.4, -0.2) is 30.6 Å². The fraction of sp³-hybridized carbons (Fsp3) is 0.400. The molecular formula is C15H21N3S2. The van der Waals surface area contributed by atoms with Gasteiger partial charge in [-0.3, -0.25) is 0 Å². The van der Waals surface area contributed by atoms with Crippen LogP contribution in [0.1, 0.15) is 17.3 Å². The van der Waals surface area contributed by atoms with Crippen LogP contribution in [0.25, 0.3) is 0 Å². The lowest BCUT2D eigenvalue weighted by molar-refractivity contribution is 0.709. The second-order valence-corrected chi connectivity index (χ2v) is 6.58. The Kier molecular flexibility index (Phi) is 5.88. The highest BCUT2D eigenvalue weighted by Crippen LogP contribution is 2.23. The zero-order valence-electron chi connectivity index (χ0n) is 12.0. The first-order chi connectivity index (χ1) is 9.70. The van der Waals surface area contributed by atoms with E-state index in [9.17, 15) is 0 Å². The molecular weight excluding hydrogens is 286 g/mol. The van der Waals surface area contributed by atoms with Crippen molar-refractivity contribution in [2.45, 2.75) is 12.5 Å². The molecule has 0 radical (unpaired) electrons. The number of anilines is 1. The van der Waals surface area contributed by atoms with Gasteiger partial charge in [0.15, 0.2) is 5.13 Å². The van der Waals surface area contributed by atoms with Crippen molar-refractivity contribution >= 4 is 28.2 Å². The number of hydrogen-bond donors (Lipinski definition) is 1. The van der Waals surface area contributed by atoms with Crippen LogP contribution in [-0.2, 0) is 6.42 Å². The molecule has 1 heterocycles. The van der Waals surface area contributed by atoms with Crippen LogP contribution in [0.2, 0.25) is 0 Å². The quantitative estimate of drug-likeness (QED) is 0.853. The first-order valence-corrected chi connectivity index (χ1v) is 8.93. The molecule has 0 saturated heterocycles. The van der Waals surface area contributed by atoms with Crippen LogP contribution >= 0.6 is 23.1 Å². The standard InChI is InChI=1S/C15H21N3S2/c1-18(8-9-19-2)15-17-13(11-20-15)10-14(16)12-6-4-3-5-7-12/h3-7,11,14H,8-10,16H2,1-2H3. The van der Waals surface area contributed by atoms with Crippen LogP contribution in [0.4, 0.5) is 5.13 Å². The summed E-state index contributed by atoms with van der Waals surface area (Å²) in [6.07, 6.45) is 2.91. The van der Waals surface area contributed by atoms with Crippen LogP contribution in [0.3, 0.4) is 0 Å². The predicted molar refractivity (Wildman–Crippen MR) is 90.8 cm³/mol. The van der Waals surface area contributed by atoms with Crippen molar-refractivity contribution < 1.29 is 0 Å². The highest BCUT2D eigenvalue weighted by Gasteiger charge is 2.11. The average molecular weight is 307 g/mol. The van der Waals surface area contributed by atoms with E-state index < -0.39 is 0 Å². The topological polar surface area (TPSA) is 42.2 Å². The first kappa shape index (κ1) is 15.4. The molecule has 0 spiro atoms. The van der Waals surface area contributed by atoms with Crippen molar-refractivity contribution in [3.63, 3.8) is 0 Å². The minimum absolute atomic E-state index is 0.0163. The summed E-state index contributed by atoms with van der Waals surface area (Å²) in [7, 11) is 2.09. The Bertz CT molecular complexity index is 513. The Morgan fingerprint density at radius 1 is 1.35 bits per heavy atom. The molecule has 0 saturated carbocycles. The summed E-state index contributed by atoms with van der Waals surface area (Å²) in [5.41, 5.74) is 8.49. The van der Waals surface area contributed by atoms with E-state index in [-0.39, 0.29) is 6.04 Å². The summed E-state index contributed by atoms with van der Waals surface area (Å²) < 4.78 is 0. The number of nitrogens with zero attached hydrogens (tertiary/aromatic N) is 2. The van der Waals surface area contributed by atoms with Gasteiger partial charge in [-0.25, -0.2) is 4.98 Å². The minimum atomic E-state index is 0.0163. The molecule has 108 valence electrons. The molecule has 1 atom stereocenters. The van der Waals surface area contributed by atoms with Crippen molar-refractivity contribution in [3.8, 4) is 0 Å². The Labute approximate surface area is 129 Å². The maximum atomic E-state index is 6.24. The normalized spacial score (nSPS) is 12.3. The molecule has 2 aromatic rings. The third kappa shape index (κ3) is 4.23. The number of thiazole rings is 1. The lowest BCUT2D eigenvalue weighted by atomic mass is 10.0. The van der Waals surface area contributed by atoms with Gasteiger partial charge in [-0.15, -0.1) is 11.3 Å². The molecule has 5 heteroatoms. The largest absolute Gasteiger partial charge is 0.350 e. The van der Waals surface area contributed by atoms with Crippen molar-refractivity contribution in [1.29, 1.82) is 0 Å². The van der Waals surface area contributed by atoms with E-state index in [1.165, 1.54) is 0 Å². The zero-order valence-corrected chi connectivity index (χ0v) is 13.6. The number of thioether (sulfide) groups is 1. The molecule has 0 aliphatic carbocycles. The summed E-state index contributed by atoms with van der Waals surface area (Å²) in [6, 6.07) is 10.2. The van der Waals surface area contributed by atoms with Gasteiger partial charge in [0.1, 0.15) is 0 Å². The lowest BCUT2D eigenvalue weighted by Crippen LogP contribution is -2.20. The van der Waals surface area contributed by atoms with E-state index in [2.05, 4.69) is 40.7 Å². The minimum Gasteiger partial charge on any atom is -0.350 e. The molecule has 3 nitrogen and oxygen atoms in total. The van der Waals surface area contributed by atoms with Gasteiger partial charge in [-0.2, -0.15) is 11.8 Å². The smallest absolute Gasteiger partial charge is 0.185 e. The van der Waals surface area contributed by atoms with Gasteiger partial charge in [0.25, 0.3) is 0 Å². The Morgan fingerprint density at radius 2 is 2.10 bits per heavy atom. The van der Waals surface area contributed by atoms with Crippen molar-refractivity contribution in [2.75, 3.05) is 30.5 Å². The monoisotopic (exact) mass is 307 g/mol. The third-order valence-electron chi connectivity index (χ3n) is 3.15. The summed E-state index contributed by atoms with van der Waals surface area (Å²) in [5, 5.41) is 3.20. The molecule has 0 bridgehead atoms. The Balaban J connectivity index is 1.95. The van der Waals surface area contributed by atoms with Gasteiger partial charge in [0.2, 0.25) is 0 Å². The SMILES string of the molecule is CSCCN(C)c1nc(CC(N)c2ccccc2)cs1. The number of benzene rings is 1. The zero-order chi connectivity index (χ0) is 14.4. The second-order valence-electron chi connectivity index (χ2n) is 4.76. The molecule has 0 aliphatic heterocycles. The number of aromatic nitrogens is 1. The molecule has 0 amide bonds. The number of hydrogen-bond acceptors (Lipinski definition) is 5. The maximum Gasteiger partial charge on any atom is 0.185 e. The second kappa shape index (κ2) is 7.67. The highest BCUT2D eigenvalue weighted by molar-refractivity contribution is 7.98. The van der Waals surface area contributed by atoms with Crippen LogP contribution in [0.15, 0.2) is 35.7 Å². The van der Waals surface area contributed by atoms with Gasteiger partial charge in [0, 0.05) is 37.2 Å². The van der Waals surface area contributed by atoms with E-state index in [1.807, 2.05) is 30.0 Å². The maximum absolute atomic E-state index is 6.24. The van der Waals surface area contributed by atoms with Crippen LogP contribution in [0, 0.1) is 0 Å². The van der Waals surface area contributed by atoms with Crippen molar-refractivity contribution in [2.24, 2.45) is 5.73 Å². The number of nitrogens with two attached hydrogens (primary N) is 1. The Morgan fingerprint density at radius 3 is 2.80 bits per heavy atom. The number of rotatable bonds is 7. The molecule has 1 unspecified atom stereocenters. The van der Waals surface area contributed by atoms with Gasteiger partial charge in [0.05, 0.1) is 5.69 Å². The molecule has 2 rings (SSSR count). The average Bonchev–Trinajstić information content (AvgIpc) is 2.94. The molecule has 2 N–H and O–H groups in total. The van der Waals surface area contributed by atoms with E-state index in [1.54, 1.807) is 11.3 Å². The predicted octanol–water partition coefficient (Wildman–Crippen LogP) is 3.18. The lowest BCUT2D eigenvalue weighted by Gasteiger charge is -2.14. The van der Waals surface area contributed by atoms with E-state index in [4.69, 9.17) is 5.73 Å². The first-order valence-electron chi connectivity index (χ1n) is 6.65. The molecule has 1 aromatic heterocycles. The summed E-state index contributed by atoms with van der Waals surface area (Å²) >= 11 is 3.55. The van der Waals surface area contributed by atoms with Gasteiger partial charge in [-0.05, 0) is 11.8 Å². The van der Waals surface area contributed by atoms with E-state index in [0.29, 0.717) is 0 Å². The van der Waals surface area contributed by atoms with Gasteiger partial charge >= 0.3 is 0 Å².